The fraction of sp³-hybridized carbons (Fsp3) is 0.778. The summed E-state index contributed by atoms with van der Waals surface area (Å²) in [5, 5.41) is 4.37. The third kappa shape index (κ3) is 5.48. The van der Waals surface area contributed by atoms with Crippen molar-refractivity contribution >= 4 is 47.2 Å². The van der Waals surface area contributed by atoms with Crippen LogP contribution in [0.1, 0.15) is 42.7 Å². The molecule has 1 saturated heterocycles. The number of carbonyl (C=O) groups excluding carboxylic acids is 1. The van der Waals surface area contributed by atoms with Gasteiger partial charge in [0.25, 0.3) is 0 Å². The molecule has 0 radical (unpaired) electrons. The summed E-state index contributed by atoms with van der Waals surface area (Å²) in [5.41, 5.74) is 7.10. The maximum atomic E-state index is 12.7. The second-order valence-corrected chi connectivity index (χ2v) is 8.59. The first-order valence-electron chi connectivity index (χ1n) is 9.56. The van der Waals surface area contributed by atoms with Crippen molar-refractivity contribution in [2.24, 2.45) is 11.7 Å². The summed E-state index contributed by atoms with van der Waals surface area (Å²) in [6.45, 7) is 3.39. The molecule has 1 unspecified atom stereocenters. The third-order valence-corrected chi connectivity index (χ3v) is 6.92. The van der Waals surface area contributed by atoms with Crippen molar-refractivity contribution in [2.45, 2.75) is 57.0 Å². The van der Waals surface area contributed by atoms with Gasteiger partial charge in [-0.3, -0.25) is 4.79 Å². The quantitative estimate of drug-likeness (QED) is 0.759. The van der Waals surface area contributed by atoms with Crippen molar-refractivity contribution in [1.29, 1.82) is 0 Å². The van der Waals surface area contributed by atoms with Crippen LogP contribution in [0.25, 0.3) is 0 Å². The number of rotatable bonds is 3. The Morgan fingerprint density at radius 2 is 1.85 bits per heavy atom. The van der Waals surface area contributed by atoms with Crippen molar-refractivity contribution < 1.29 is 9.53 Å². The Hall–Kier alpha value is -0.600. The fourth-order valence-corrected chi connectivity index (χ4v) is 5.22. The molecule has 1 saturated carbocycles. The highest BCUT2D eigenvalue weighted by Gasteiger charge is 2.30. The van der Waals surface area contributed by atoms with Crippen LogP contribution in [0.2, 0.25) is 0 Å². The van der Waals surface area contributed by atoms with Crippen LogP contribution in [0.3, 0.4) is 0 Å². The van der Waals surface area contributed by atoms with Gasteiger partial charge in [0.05, 0.1) is 18.9 Å². The lowest BCUT2D eigenvalue weighted by atomic mass is 9.88. The van der Waals surface area contributed by atoms with Crippen molar-refractivity contribution in [3.63, 3.8) is 0 Å². The van der Waals surface area contributed by atoms with Gasteiger partial charge in [0.1, 0.15) is 0 Å². The molecule has 6 nitrogen and oxygen atoms in total. The smallest absolute Gasteiger partial charge is 0.223 e. The topological polar surface area (TPSA) is 80.5 Å². The van der Waals surface area contributed by atoms with Gasteiger partial charge < -0.3 is 20.7 Å². The Kier molecular flexibility index (Phi) is 8.62. The van der Waals surface area contributed by atoms with Crippen molar-refractivity contribution in [1.82, 2.24) is 10.3 Å². The zero-order valence-electron chi connectivity index (χ0n) is 15.5. The Morgan fingerprint density at radius 1 is 1.15 bits per heavy atom. The highest BCUT2D eigenvalue weighted by molar-refractivity contribution is 7.15. The van der Waals surface area contributed by atoms with E-state index in [9.17, 15) is 4.79 Å². The minimum absolute atomic E-state index is 0. The van der Waals surface area contributed by atoms with Crippen LogP contribution in [0.4, 0.5) is 5.13 Å². The van der Waals surface area contributed by atoms with E-state index < -0.39 is 0 Å². The normalized spacial score (nSPS) is 27.7. The van der Waals surface area contributed by atoms with E-state index in [0.29, 0.717) is 12.1 Å². The largest absolute Gasteiger partial charge is 0.378 e. The van der Waals surface area contributed by atoms with Crippen LogP contribution in [0.5, 0.6) is 0 Å². The van der Waals surface area contributed by atoms with Gasteiger partial charge in [0.15, 0.2) is 5.13 Å². The summed E-state index contributed by atoms with van der Waals surface area (Å²) in [5.74, 6) is 0.287. The minimum atomic E-state index is 0. The summed E-state index contributed by atoms with van der Waals surface area (Å²) < 4.78 is 5.42. The SMILES string of the molecule is Cl.Cl.NC1CCC(NC(=O)C2CCc3sc(N4CCOCC4)nc3C2)CC1. The van der Waals surface area contributed by atoms with Gasteiger partial charge in [-0.2, -0.15) is 0 Å². The molecular weight excluding hydrogens is 407 g/mol. The van der Waals surface area contributed by atoms with Gasteiger partial charge in [-0.15, -0.1) is 36.2 Å². The molecule has 1 aliphatic heterocycles. The zero-order chi connectivity index (χ0) is 17.2. The van der Waals surface area contributed by atoms with Gasteiger partial charge in [0.2, 0.25) is 5.91 Å². The fourth-order valence-electron chi connectivity index (χ4n) is 4.06. The predicted octanol–water partition coefficient (Wildman–Crippen LogP) is 2.31. The number of halogens is 2. The van der Waals surface area contributed by atoms with Crippen LogP contribution in [0, 0.1) is 5.92 Å². The summed E-state index contributed by atoms with van der Waals surface area (Å²) >= 11 is 1.81. The summed E-state index contributed by atoms with van der Waals surface area (Å²) in [6.07, 6.45) is 6.78. The van der Waals surface area contributed by atoms with Crippen molar-refractivity contribution in [3.8, 4) is 0 Å². The summed E-state index contributed by atoms with van der Waals surface area (Å²) in [7, 11) is 0. The molecule has 0 bridgehead atoms. The molecule has 3 N–H and O–H groups in total. The molecule has 4 rings (SSSR count). The van der Waals surface area contributed by atoms with Crippen LogP contribution in [-0.2, 0) is 22.4 Å². The van der Waals surface area contributed by atoms with Gasteiger partial charge in [-0.05, 0) is 38.5 Å². The molecule has 2 heterocycles. The highest BCUT2D eigenvalue weighted by Crippen LogP contribution is 2.34. The van der Waals surface area contributed by atoms with Crippen molar-refractivity contribution in [3.05, 3.63) is 10.6 Å². The van der Waals surface area contributed by atoms with E-state index in [-0.39, 0.29) is 36.6 Å². The molecule has 0 aromatic carbocycles. The number of thiazole rings is 1. The predicted molar refractivity (Wildman–Crippen MR) is 114 cm³/mol. The third-order valence-electron chi connectivity index (χ3n) is 5.70. The van der Waals surface area contributed by atoms with E-state index in [0.717, 1.165) is 82.1 Å². The molecule has 9 heteroatoms. The van der Waals surface area contributed by atoms with E-state index in [1.54, 1.807) is 11.3 Å². The molecule has 1 aromatic heterocycles. The molecule has 1 aromatic rings. The number of carbonyl (C=O) groups is 1. The second-order valence-electron chi connectivity index (χ2n) is 7.53. The van der Waals surface area contributed by atoms with Crippen LogP contribution >= 0.6 is 36.2 Å². The molecule has 1 atom stereocenters. The van der Waals surface area contributed by atoms with E-state index in [2.05, 4.69) is 10.2 Å². The molecule has 27 heavy (non-hydrogen) atoms. The molecule has 154 valence electrons. The number of amides is 1. The maximum absolute atomic E-state index is 12.7. The lowest BCUT2D eigenvalue weighted by Gasteiger charge is -2.29. The summed E-state index contributed by atoms with van der Waals surface area (Å²) in [4.78, 5) is 21.2. The lowest BCUT2D eigenvalue weighted by molar-refractivity contribution is -0.126. The maximum Gasteiger partial charge on any atom is 0.223 e. The molecule has 0 spiro atoms. The molecular formula is C18H30Cl2N4O2S. The number of nitrogens with one attached hydrogen (secondary N) is 1. The number of ether oxygens (including phenoxy) is 1. The Bertz CT molecular complexity index is 617. The summed E-state index contributed by atoms with van der Waals surface area (Å²) in [6, 6.07) is 0.632. The number of nitrogens with two attached hydrogens (primary N) is 1. The Labute approximate surface area is 177 Å². The molecule has 2 aliphatic carbocycles. The van der Waals surface area contributed by atoms with E-state index in [1.165, 1.54) is 4.88 Å². The zero-order valence-corrected chi connectivity index (χ0v) is 18.0. The van der Waals surface area contributed by atoms with Gasteiger partial charge in [-0.25, -0.2) is 4.98 Å². The number of hydrogen-bond acceptors (Lipinski definition) is 6. The first-order chi connectivity index (χ1) is 12.2. The van der Waals surface area contributed by atoms with E-state index in [4.69, 9.17) is 15.5 Å². The number of nitrogens with zero attached hydrogens (tertiary/aromatic N) is 2. The number of aromatic nitrogens is 1. The molecule has 2 fully saturated rings. The molecule has 3 aliphatic rings. The van der Waals surface area contributed by atoms with E-state index in [1.807, 2.05) is 0 Å². The first-order valence-corrected chi connectivity index (χ1v) is 10.4. The standard InChI is InChI=1S/C18H28N4O2S.2ClH/c19-13-2-4-14(5-3-13)20-17(23)12-1-6-16-15(11-12)21-18(25-16)22-7-9-24-10-8-22;;/h12-14H,1-11,19H2,(H,20,23);2*1H. The number of hydrogen-bond donors (Lipinski definition) is 2. The molecule has 1 amide bonds. The van der Waals surface area contributed by atoms with Gasteiger partial charge >= 0.3 is 0 Å². The van der Waals surface area contributed by atoms with Crippen LogP contribution < -0.4 is 16.0 Å². The lowest BCUT2D eigenvalue weighted by Crippen LogP contribution is -2.44. The number of fused-ring (bicyclic) bond motifs is 1. The Balaban J connectivity index is 0.00000131. The highest BCUT2D eigenvalue weighted by atomic mass is 35.5. The first kappa shape index (κ1) is 22.7. The van der Waals surface area contributed by atoms with Crippen LogP contribution in [0.15, 0.2) is 0 Å². The second kappa shape index (κ2) is 10.3. The minimum Gasteiger partial charge on any atom is -0.378 e. The number of aryl methyl sites for hydroxylation is 1. The average molecular weight is 437 g/mol. The van der Waals surface area contributed by atoms with Gasteiger partial charge in [0, 0.05) is 42.4 Å². The number of morpholine rings is 1. The van der Waals surface area contributed by atoms with E-state index >= 15 is 0 Å². The monoisotopic (exact) mass is 436 g/mol. The Morgan fingerprint density at radius 3 is 2.56 bits per heavy atom. The van der Waals surface area contributed by atoms with Crippen LogP contribution in [-0.4, -0.2) is 49.3 Å². The van der Waals surface area contributed by atoms with Crippen molar-refractivity contribution in [2.75, 3.05) is 31.2 Å². The van der Waals surface area contributed by atoms with Gasteiger partial charge in [-0.1, -0.05) is 0 Å². The average Bonchev–Trinajstić information content (AvgIpc) is 3.07. The number of anilines is 1.